The van der Waals surface area contributed by atoms with Crippen LogP contribution in [0.15, 0.2) is 30.3 Å². The number of nitrogens with zero attached hydrogens (tertiary/aromatic N) is 1. The van der Waals surface area contributed by atoms with E-state index in [-0.39, 0.29) is 0 Å². The Hall–Kier alpha value is -1.30. The first-order chi connectivity index (χ1) is 8.27. The first-order valence-corrected chi connectivity index (χ1v) is 6.21. The third-order valence-corrected chi connectivity index (χ3v) is 2.64. The van der Waals surface area contributed by atoms with Gasteiger partial charge in [0.15, 0.2) is 0 Å². The van der Waals surface area contributed by atoms with Gasteiger partial charge in [-0.25, -0.2) is 0 Å². The second-order valence-corrected chi connectivity index (χ2v) is 4.00. The lowest BCUT2D eigenvalue weighted by molar-refractivity contribution is 0.238. The monoisotopic (exact) mass is 231 g/mol. The molecule has 0 aliphatic carbocycles. The molecular weight excluding hydrogens is 210 g/mol. The van der Waals surface area contributed by atoms with Gasteiger partial charge in [-0.05, 0) is 25.1 Å². The fourth-order valence-corrected chi connectivity index (χ4v) is 1.64. The second kappa shape index (κ2) is 7.89. The largest absolute Gasteiger partial charge is 0.376 e. The third-order valence-electron chi connectivity index (χ3n) is 2.64. The predicted molar refractivity (Wildman–Crippen MR) is 71.6 cm³/mol. The van der Waals surface area contributed by atoms with Crippen molar-refractivity contribution >= 4 is 0 Å². The van der Waals surface area contributed by atoms with Gasteiger partial charge in [-0.15, -0.1) is 0 Å². The quantitative estimate of drug-likeness (QED) is 0.787. The van der Waals surface area contributed by atoms with Crippen molar-refractivity contribution in [3.63, 3.8) is 0 Å². The van der Waals surface area contributed by atoms with Crippen molar-refractivity contribution in [2.24, 2.45) is 0 Å². The highest BCUT2D eigenvalue weighted by Gasteiger charge is 2.01. The molecule has 17 heavy (non-hydrogen) atoms. The van der Waals surface area contributed by atoms with Crippen molar-refractivity contribution in [3.8, 4) is 11.8 Å². The Morgan fingerprint density at radius 1 is 1.24 bits per heavy atom. The summed E-state index contributed by atoms with van der Waals surface area (Å²) in [5, 5.41) is 9.84. The molecule has 0 saturated heterocycles. The van der Waals surface area contributed by atoms with Gasteiger partial charge in [0, 0.05) is 0 Å². The Morgan fingerprint density at radius 3 is 2.53 bits per heavy atom. The molecule has 0 aliphatic rings. The molecule has 0 aliphatic heterocycles. The zero-order chi connectivity index (χ0) is 12.5. The number of aliphatic hydroxyl groups is 1. The zero-order valence-electron chi connectivity index (χ0n) is 10.7. The zero-order valence-corrected chi connectivity index (χ0v) is 10.7. The first kappa shape index (κ1) is 13.8. The average Bonchev–Trinajstić information content (AvgIpc) is 2.38. The molecule has 2 nitrogen and oxygen atoms in total. The predicted octanol–water partition coefficient (Wildman–Crippen LogP) is 2.46. The van der Waals surface area contributed by atoms with Gasteiger partial charge in [0.25, 0.3) is 0 Å². The summed E-state index contributed by atoms with van der Waals surface area (Å²) in [7, 11) is 0. The standard InChI is InChI=1S/C15H21NO/c1-3-12-16(4-2)13-8-11-15(17)14-9-6-5-7-10-14/h5-7,9-10,15,17H,3-4,12-13H2,1-2H3. The van der Waals surface area contributed by atoms with Gasteiger partial charge in [0.05, 0.1) is 6.54 Å². The number of rotatable bonds is 5. The Bertz CT molecular complexity index is 364. The first-order valence-electron chi connectivity index (χ1n) is 6.21. The maximum Gasteiger partial charge on any atom is 0.140 e. The van der Waals surface area contributed by atoms with E-state index in [0.717, 1.165) is 31.6 Å². The van der Waals surface area contributed by atoms with E-state index in [2.05, 4.69) is 30.6 Å². The van der Waals surface area contributed by atoms with Crippen LogP contribution in [0, 0.1) is 11.8 Å². The topological polar surface area (TPSA) is 23.5 Å². The molecule has 0 heterocycles. The van der Waals surface area contributed by atoms with Crippen LogP contribution >= 0.6 is 0 Å². The summed E-state index contributed by atoms with van der Waals surface area (Å²) in [4.78, 5) is 2.27. The Balaban J connectivity index is 2.49. The third kappa shape index (κ3) is 5.04. The molecule has 92 valence electrons. The van der Waals surface area contributed by atoms with E-state index >= 15 is 0 Å². The molecule has 0 aromatic heterocycles. The molecule has 1 aromatic rings. The van der Waals surface area contributed by atoms with Crippen LogP contribution in [0.2, 0.25) is 0 Å². The molecule has 0 saturated carbocycles. The highest BCUT2D eigenvalue weighted by molar-refractivity contribution is 5.24. The van der Waals surface area contributed by atoms with Crippen molar-refractivity contribution in [3.05, 3.63) is 35.9 Å². The van der Waals surface area contributed by atoms with E-state index in [4.69, 9.17) is 0 Å². The summed E-state index contributed by atoms with van der Waals surface area (Å²) in [5.74, 6) is 5.93. The summed E-state index contributed by atoms with van der Waals surface area (Å²) in [6, 6.07) is 9.54. The minimum Gasteiger partial charge on any atom is -0.376 e. The van der Waals surface area contributed by atoms with Crippen LogP contribution in [0.1, 0.15) is 31.9 Å². The summed E-state index contributed by atoms with van der Waals surface area (Å²) >= 11 is 0. The molecule has 0 bridgehead atoms. The van der Waals surface area contributed by atoms with Crippen LogP contribution in [0.5, 0.6) is 0 Å². The molecule has 1 rings (SSSR count). The molecule has 0 fully saturated rings. The Labute approximate surface area is 104 Å². The van der Waals surface area contributed by atoms with Gasteiger partial charge in [0.2, 0.25) is 0 Å². The van der Waals surface area contributed by atoms with Crippen molar-refractivity contribution in [1.82, 2.24) is 4.90 Å². The lowest BCUT2D eigenvalue weighted by Crippen LogP contribution is -2.24. The van der Waals surface area contributed by atoms with E-state index in [1.807, 2.05) is 30.3 Å². The van der Waals surface area contributed by atoms with Gasteiger partial charge in [0.1, 0.15) is 6.10 Å². The smallest absolute Gasteiger partial charge is 0.140 e. The van der Waals surface area contributed by atoms with Crippen LogP contribution < -0.4 is 0 Å². The fraction of sp³-hybridized carbons (Fsp3) is 0.467. The van der Waals surface area contributed by atoms with E-state index < -0.39 is 6.10 Å². The van der Waals surface area contributed by atoms with Crippen molar-refractivity contribution in [2.75, 3.05) is 19.6 Å². The second-order valence-electron chi connectivity index (χ2n) is 4.00. The SMILES string of the molecule is CCCN(CC)CC#CC(O)c1ccccc1. The minimum atomic E-state index is -0.670. The van der Waals surface area contributed by atoms with E-state index in [1.54, 1.807) is 0 Å². The normalized spacial score (nSPS) is 12.0. The molecule has 2 heteroatoms. The number of aliphatic hydroxyl groups excluding tert-OH is 1. The van der Waals surface area contributed by atoms with Gasteiger partial charge < -0.3 is 5.11 Å². The summed E-state index contributed by atoms with van der Waals surface area (Å²) in [6.45, 7) is 7.09. The van der Waals surface area contributed by atoms with Gasteiger partial charge in [-0.1, -0.05) is 56.0 Å². The maximum atomic E-state index is 9.84. The van der Waals surface area contributed by atoms with Crippen molar-refractivity contribution in [2.45, 2.75) is 26.4 Å². The van der Waals surface area contributed by atoms with Crippen LogP contribution in [0.25, 0.3) is 0 Å². The Kier molecular flexibility index (Phi) is 6.39. The highest BCUT2D eigenvalue weighted by atomic mass is 16.3. The minimum absolute atomic E-state index is 0.670. The van der Waals surface area contributed by atoms with Gasteiger partial charge in [-0.2, -0.15) is 0 Å². The lowest BCUT2D eigenvalue weighted by Gasteiger charge is -2.15. The molecule has 0 amide bonds. The molecule has 1 aromatic carbocycles. The molecule has 1 atom stereocenters. The molecule has 0 spiro atoms. The van der Waals surface area contributed by atoms with Crippen LogP contribution in [-0.2, 0) is 0 Å². The number of hydrogen-bond donors (Lipinski definition) is 1. The molecule has 0 radical (unpaired) electrons. The van der Waals surface area contributed by atoms with E-state index in [0.29, 0.717) is 0 Å². The van der Waals surface area contributed by atoms with E-state index in [9.17, 15) is 5.11 Å². The van der Waals surface area contributed by atoms with E-state index in [1.165, 1.54) is 0 Å². The fourth-order valence-electron chi connectivity index (χ4n) is 1.64. The average molecular weight is 231 g/mol. The maximum absolute atomic E-state index is 9.84. The van der Waals surface area contributed by atoms with Crippen LogP contribution in [0.3, 0.4) is 0 Å². The molecular formula is C15H21NO. The summed E-state index contributed by atoms with van der Waals surface area (Å²) < 4.78 is 0. The highest BCUT2D eigenvalue weighted by Crippen LogP contribution is 2.09. The van der Waals surface area contributed by atoms with Crippen LogP contribution in [-0.4, -0.2) is 29.6 Å². The lowest BCUT2D eigenvalue weighted by atomic mass is 10.1. The van der Waals surface area contributed by atoms with Crippen LogP contribution in [0.4, 0.5) is 0 Å². The summed E-state index contributed by atoms with van der Waals surface area (Å²) in [6.07, 6.45) is 0.466. The summed E-state index contributed by atoms with van der Waals surface area (Å²) in [5.41, 5.74) is 0.860. The van der Waals surface area contributed by atoms with Gasteiger partial charge >= 0.3 is 0 Å². The number of hydrogen-bond acceptors (Lipinski definition) is 2. The number of benzene rings is 1. The van der Waals surface area contributed by atoms with Crippen molar-refractivity contribution < 1.29 is 5.11 Å². The van der Waals surface area contributed by atoms with Gasteiger partial charge in [-0.3, -0.25) is 4.90 Å². The molecule has 1 unspecified atom stereocenters. The Morgan fingerprint density at radius 2 is 1.94 bits per heavy atom. The molecule has 1 N–H and O–H groups in total. The van der Waals surface area contributed by atoms with Crippen molar-refractivity contribution in [1.29, 1.82) is 0 Å².